The van der Waals surface area contributed by atoms with Crippen LogP contribution < -0.4 is 15.4 Å². The molecule has 0 aliphatic heterocycles. The number of hydrogen-bond acceptors (Lipinski definition) is 3. The first-order valence-electron chi connectivity index (χ1n) is 9.68. The van der Waals surface area contributed by atoms with Crippen LogP contribution in [0.5, 0.6) is 5.75 Å². The zero-order chi connectivity index (χ0) is 17.7. The summed E-state index contributed by atoms with van der Waals surface area (Å²) in [6.07, 6.45) is 6.61. The monoisotopic (exact) mass is 475 g/mol. The molecule has 1 saturated carbocycles. The SMILES string of the molecule is CCNC(=NCc1ccccc1OCC)NCCCOC1CCCC1.I. The second-order valence-corrected chi connectivity index (χ2v) is 6.29. The number of ether oxygens (including phenoxy) is 2. The Labute approximate surface area is 175 Å². The van der Waals surface area contributed by atoms with Gasteiger partial charge in [-0.3, -0.25) is 0 Å². The lowest BCUT2D eigenvalue weighted by Crippen LogP contribution is -2.38. The molecule has 0 amide bonds. The molecule has 0 atom stereocenters. The predicted octanol–water partition coefficient (Wildman–Crippen LogP) is 4.11. The highest BCUT2D eigenvalue weighted by Gasteiger charge is 2.14. The van der Waals surface area contributed by atoms with Gasteiger partial charge in [0.15, 0.2) is 5.96 Å². The number of para-hydroxylation sites is 1. The molecule has 5 nitrogen and oxygen atoms in total. The van der Waals surface area contributed by atoms with Gasteiger partial charge in [0.2, 0.25) is 0 Å². The summed E-state index contributed by atoms with van der Waals surface area (Å²) in [5.74, 6) is 1.75. The maximum absolute atomic E-state index is 5.90. The molecule has 1 aromatic carbocycles. The zero-order valence-corrected chi connectivity index (χ0v) is 18.5. The minimum atomic E-state index is 0. The van der Waals surface area contributed by atoms with Crippen LogP contribution in [0.3, 0.4) is 0 Å². The molecule has 0 saturated heterocycles. The molecule has 0 radical (unpaired) electrons. The van der Waals surface area contributed by atoms with Gasteiger partial charge in [-0.2, -0.15) is 0 Å². The first kappa shape index (κ1) is 23.0. The quantitative estimate of drug-likeness (QED) is 0.232. The molecule has 0 bridgehead atoms. The van der Waals surface area contributed by atoms with Crippen molar-refractivity contribution in [1.82, 2.24) is 10.6 Å². The van der Waals surface area contributed by atoms with Crippen molar-refractivity contribution < 1.29 is 9.47 Å². The Balaban J connectivity index is 0.00000338. The van der Waals surface area contributed by atoms with Crippen LogP contribution in [-0.4, -0.2) is 38.4 Å². The number of halogens is 1. The average molecular weight is 475 g/mol. The Morgan fingerprint density at radius 1 is 1.15 bits per heavy atom. The predicted molar refractivity (Wildman–Crippen MR) is 119 cm³/mol. The average Bonchev–Trinajstić information content (AvgIpc) is 3.14. The van der Waals surface area contributed by atoms with Gasteiger partial charge in [0.1, 0.15) is 5.75 Å². The van der Waals surface area contributed by atoms with Gasteiger partial charge >= 0.3 is 0 Å². The lowest BCUT2D eigenvalue weighted by Gasteiger charge is -2.14. The molecule has 6 heteroatoms. The summed E-state index contributed by atoms with van der Waals surface area (Å²) in [6, 6.07) is 8.07. The summed E-state index contributed by atoms with van der Waals surface area (Å²) in [6.45, 7) is 7.88. The molecule has 1 aliphatic rings. The summed E-state index contributed by atoms with van der Waals surface area (Å²) in [5, 5.41) is 6.68. The smallest absolute Gasteiger partial charge is 0.191 e. The van der Waals surface area contributed by atoms with E-state index in [1.165, 1.54) is 25.7 Å². The molecule has 1 aliphatic carbocycles. The highest BCUT2D eigenvalue weighted by molar-refractivity contribution is 14.0. The van der Waals surface area contributed by atoms with Crippen LogP contribution in [0, 0.1) is 0 Å². The summed E-state index contributed by atoms with van der Waals surface area (Å²) in [7, 11) is 0. The number of rotatable bonds is 10. The molecule has 0 aromatic heterocycles. The summed E-state index contributed by atoms with van der Waals surface area (Å²) in [4.78, 5) is 4.68. The number of nitrogens with one attached hydrogen (secondary N) is 2. The van der Waals surface area contributed by atoms with Crippen molar-refractivity contribution in [2.45, 2.75) is 58.6 Å². The van der Waals surface area contributed by atoms with E-state index in [9.17, 15) is 0 Å². The van der Waals surface area contributed by atoms with E-state index >= 15 is 0 Å². The molecular formula is C20H34IN3O2. The number of hydrogen-bond donors (Lipinski definition) is 2. The van der Waals surface area contributed by atoms with E-state index in [-0.39, 0.29) is 24.0 Å². The normalized spacial score (nSPS) is 14.8. The fourth-order valence-corrected chi connectivity index (χ4v) is 3.02. The summed E-state index contributed by atoms with van der Waals surface area (Å²) < 4.78 is 11.6. The van der Waals surface area contributed by atoms with Gasteiger partial charge in [0.25, 0.3) is 0 Å². The molecule has 2 N–H and O–H groups in total. The van der Waals surface area contributed by atoms with E-state index in [0.717, 1.165) is 43.4 Å². The fourth-order valence-electron chi connectivity index (χ4n) is 3.02. The Kier molecular flexibility index (Phi) is 12.5. The van der Waals surface area contributed by atoms with Gasteiger partial charge in [0.05, 0.1) is 19.3 Å². The molecule has 0 heterocycles. The fraction of sp³-hybridized carbons (Fsp3) is 0.650. The van der Waals surface area contributed by atoms with Crippen LogP contribution in [0.4, 0.5) is 0 Å². The highest BCUT2D eigenvalue weighted by atomic mass is 127. The van der Waals surface area contributed by atoms with Crippen LogP contribution >= 0.6 is 24.0 Å². The van der Waals surface area contributed by atoms with Crippen LogP contribution in [-0.2, 0) is 11.3 Å². The van der Waals surface area contributed by atoms with Gasteiger partial charge in [-0.15, -0.1) is 24.0 Å². The molecule has 1 fully saturated rings. The third-order valence-corrected chi connectivity index (χ3v) is 4.29. The molecule has 0 spiro atoms. The number of benzene rings is 1. The van der Waals surface area contributed by atoms with E-state index in [4.69, 9.17) is 9.47 Å². The summed E-state index contributed by atoms with van der Waals surface area (Å²) in [5.41, 5.74) is 1.10. The lowest BCUT2D eigenvalue weighted by atomic mass is 10.2. The van der Waals surface area contributed by atoms with Crippen molar-refractivity contribution in [2.75, 3.05) is 26.3 Å². The second kappa shape index (κ2) is 14.1. The minimum absolute atomic E-state index is 0. The largest absolute Gasteiger partial charge is 0.494 e. The third kappa shape index (κ3) is 8.58. The Morgan fingerprint density at radius 2 is 1.92 bits per heavy atom. The Morgan fingerprint density at radius 3 is 2.65 bits per heavy atom. The van der Waals surface area contributed by atoms with Crippen molar-refractivity contribution in [3.05, 3.63) is 29.8 Å². The minimum Gasteiger partial charge on any atom is -0.494 e. The zero-order valence-electron chi connectivity index (χ0n) is 16.1. The molecular weight excluding hydrogens is 441 g/mol. The summed E-state index contributed by atoms with van der Waals surface area (Å²) >= 11 is 0. The Hall–Kier alpha value is -1.02. The first-order valence-corrected chi connectivity index (χ1v) is 9.68. The van der Waals surface area contributed by atoms with Crippen molar-refractivity contribution in [3.63, 3.8) is 0 Å². The van der Waals surface area contributed by atoms with Crippen LogP contribution in [0.1, 0.15) is 51.5 Å². The van der Waals surface area contributed by atoms with Gasteiger partial charge in [-0.25, -0.2) is 4.99 Å². The van der Waals surface area contributed by atoms with E-state index in [1.807, 2.05) is 25.1 Å². The molecule has 1 aromatic rings. The number of aliphatic imine (C=N–C) groups is 1. The van der Waals surface area contributed by atoms with E-state index in [0.29, 0.717) is 19.3 Å². The van der Waals surface area contributed by atoms with E-state index in [1.54, 1.807) is 0 Å². The van der Waals surface area contributed by atoms with E-state index < -0.39 is 0 Å². The van der Waals surface area contributed by atoms with Crippen LogP contribution in [0.2, 0.25) is 0 Å². The van der Waals surface area contributed by atoms with Gasteiger partial charge < -0.3 is 20.1 Å². The van der Waals surface area contributed by atoms with Gasteiger partial charge in [-0.05, 0) is 39.2 Å². The first-order chi connectivity index (χ1) is 12.3. The van der Waals surface area contributed by atoms with Crippen molar-refractivity contribution in [1.29, 1.82) is 0 Å². The Bertz CT molecular complexity index is 520. The van der Waals surface area contributed by atoms with Crippen LogP contribution in [0.25, 0.3) is 0 Å². The van der Waals surface area contributed by atoms with Crippen molar-refractivity contribution in [2.24, 2.45) is 4.99 Å². The van der Waals surface area contributed by atoms with Crippen LogP contribution in [0.15, 0.2) is 29.3 Å². The lowest BCUT2D eigenvalue weighted by molar-refractivity contribution is 0.0574. The molecule has 0 unspecified atom stereocenters. The second-order valence-electron chi connectivity index (χ2n) is 6.29. The number of nitrogens with zero attached hydrogens (tertiary/aromatic N) is 1. The maximum atomic E-state index is 5.90. The standard InChI is InChI=1S/C20H33N3O2.HI/c1-3-21-20(22-14-9-15-25-18-11-6-7-12-18)23-16-17-10-5-8-13-19(17)24-4-2;/h5,8,10,13,18H,3-4,6-7,9,11-12,14-16H2,1-2H3,(H2,21,22,23);1H. The van der Waals surface area contributed by atoms with Crippen molar-refractivity contribution >= 4 is 29.9 Å². The third-order valence-electron chi connectivity index (χ3n) is 4.29. The topological polar surface area (TPSA) is 54.9 Å². The van der Waals surface area contributed by atoms with Crippen molar-refractivity contribution in [3.8, 4) is 5.75 Å². The number of guanidine groups is 1. The van der Waals surface area contributed by atoms with Gasteiger partial charge in [-0.1, -0.05) is 31.0 Å². The molecule has 2 rings (SSSR count). The van der Waals surface area contributed by atoms with E-state index in [2.05, 4.69) is 28.6 Å². The van der Waals surface area contributed by atoms with Gasteiger partial charge in [0, 0.05) is 25.3 Å². The molecule has 26 heavy (non-hydrogen) atoms. The molecule has 148 valence electrons. The highest BCUT2D eigenvalue weighted by Crippen LogP contribution is 2.21. The maximum Gasteiger partial charge on any atom is 0.191 e.